The van der Waals surface area contributed by atoms with Crippen LogP contribution in [-0.2, 0) is 65.4 Å². The van der Waals surface area contributed by atoms with Gasteiger partial charge in [0.05, 0.1) is 26.4 Å². The fourth-order valence-electron chi connectivity index (χ4n) is 11.1. The zero-order valence-electron chi connectivity index (χ0n) is 59.9. The first-order valence-corrected chi connectivity index (χ1v) is 41.0. The number of aliphatic hydroxyl groups is 1. The smallest absolute Gasteiger partial charge is 0.462 e. The number of carbonyl (C=O) groups is 4. The highest BCUT2D eigenvalue weighted by atomic mass is 31.2. The lowest BCUT2D eigenvalue weighted by Gasteiger charge is -2.21. The van der Waals surface area contributed by atoms with Gasteiger partial charge in [0.2, 0.25) is 0 Å². The molecule has 0 amide bonds. The van der Waals surface area contributed by atoms with Crippen molar-refractivity contribution < 1.29 is 80.2 Å². The second-order valence-electron chi connectivity index (χ2n) is 27.1. The zero-order valence-corrected chi connectivity index (χ0v) is 61.6. The van der Waals surface area contributed by atoms with Gasteiger partial charge >= 0.3 is 39.5 Å². The van der Waals surface area contributed by atoms with Crippen LogP contribution in [0.3, 0.4) is 0 Å². The Hall–Kier alpha value is -1.94. The van der Waals surface area contributed by atoms with E-state index in [0.29, 0.717) is 25.7 Å². The molecular formula is C73H142O17P2. The van der Waals surface area contributed by atoms with Gasteiger partial charge in [-0.2, -0.15) is 0 Å². The number of hydrogen-bond donors (Lipinski definition) is 3. The third kappa shape index (κ3) is 65.4. The summed E-state index contributed by atoms with van der Waals surface area (Å²) in [5.41, 5.74) is 0. The lowest BCUT2D eigenvalue weighted by Crippen LogP contribution is -2.30. The molecule has 92 heavy (non-hydrogen) atoms. The average molecular weight is 1350 g/mol. The van der Waals surface area contributed by atoms with Gasteiger partial charge < -0.3 is 33.8 Å². The zero-order chi connectivity index (χ0) is 67.9. The van der Waals surface area contributed by atoms with E-state index in [4.69, 9.17) is 37.0 Å². The first-order chi connectivity index (χ1) is 44.4. The summed E-state index contributed by atoms with van der Waals surface area (Å²) < 4.78 is 68.4. The highest BCUT2D eigenvalue weighted by molar-refractivity contribution is 7.47. The highest BCUT2D eigenvalue weighted by Gasteiger charge is 2.30. The van der Waals surface area contributed by atoms with E-state index in [-0.39, 0.29) is 25.7 Å². The standard InChI is InChI=1S/C73H142O17P2/c1-7-10-12-14-16-18-19-20-21-22-23-24-29-32-39-45-51-57-72(77)89-69(62-84-71(76)56-50-44-38-31-28-26-25-27-30-35-41-47-53-65(4)5)64-88-92(81,82)86-60-67(74)59-85-91(79,80)87-63-68(61-83-70(75)55-49-43-37-17-15-13-11-8-2)90-73(78)58-52-46-40-34-33-36-42-48-54-66(6)9-3/h65-69,74H,7-64H2,1-6H3,(H,79,80)(H,81,82)/t66?,67-,68+,69+/m0/s1. The number of rotatable bonds is 72. The largest absolute Gasteiger partial charge is 0.472 e. The van der Waals surface area contributed by atoms with Gasteiger partial charge in [0.25, 0.3) is 0 Å². The maximum absolute atomic E-state index is 13.1. The molecule has 3 N–H and O–H groups in total. The minimum atomic E-state index is -4.95. The van der Waals surface area contributed by atoms with Crippen molar-refractivity contribution in [3.8, 4) is 0 Å². The Kier molecular flexibility index (Phi) is 63.7. The van der Waals surface area contributed by atoms with E-state index >= 15 is 0 Å². The van der Waals surface area contributed by atoms with E-state index in [0.717, 1.165) is 108 Å². The minimum Gasteiger partial charge on any atom is -0.462 e. The number of aliphatic hydroxyl groups excluding tert-OH is 1. The number of phosphoric acid groups is 2. The van der Waals surface area contributed by atoms with Crippen LogP contribution < -0.4 is 0 Å². The number of carbonyl (C=O) groups excluding carboxylic acids is 4. The molecule has 0 aliphatic rings. The summed E-state index contributed by atoms with van der Waals surface area (Å²) in [4.78, 5) is 72.6. The maximum Gasteiger partial charge on any atom is 0.472 e. The average Bonchev–Trinajstić information content (AvgIpc) is 1.73. The van der Waals surface area contributed by atoms with E-state index in [2.05, 4.69) is 41.5 Å². The molecule has 0 fully saturated rings. The summed E-state index contributed by atoms with van der Waals surface area (Å²) in [6.45, 7) is 9.56. The predicted octanol–water partition coefficient (Wildman–Crippen LogP) is 21.2. The van der Waals surface area contributed by atoms with Crippen molar-refractivity contribution >= 4 is 39.5 Å². The van der Waals surface area contributed by atoms with Gasteiger partial charge in [0.15, 0.2) is 12.2 Å². The van der Waals surface area contributed by atoms with Crippen molar-refractivity contribution in [3.05, 3.63) is 0 Å². The summed E-state index contributed by atoms with van der Waals surface area (Å²) >= 11 is 0. The normalized spacial score (nSPS) is 14.4. The molecule has 546 valence electrons. The Morgan fingerprint density at radius 2 is 0.554 bits per heavy atom. The SMILES string of the molecule is CCCCCCCCCCCCCCCCCCCC(=O)O[C@H](COC(=O)CCCCCCCCCCCCCCC(C)C)COP(=O)(O)OC[C@@H](O)COP(=O)(O)OC[C@@H](COC(=O)CCCCCCCCCC)OC(=O)CCCCCCCCCCC(C)CC. The quantitative estimate of drug-likeness (QED) is 0.0222. The maximum atomic E-state index is 13.1. The molecule has 0 aromatic heterocycles. The molecule has 0 aromatic carbocycles. The molecule has 0 saturated carbocycles. The van der Waals surface area contributed by atoms with E-state index in [1.807, 2.05) is 0 Å². The summed E-state index contributed by atoms with van der Waals surface area (Å²) in [7, 11) is -9.90. The number of hydrogen-bond acceptors (Lipinski definition) is 15. The van der Waals surface area contributed by atoms with Crippen LogP contribution in [-0.4, -0.2) is 96.7 Å². The molecule has 0 spiro atoms. The van der Waals surface area contributed by atoms with Crippen LogP contribution in [0.5, 0.6) is 0 Å². The van der Waals surface area contributed by atoms with Crippen LogP contribution in [0.1, 0.15) is 375 Å². The first kappa shape index (κ1) is 90.1. The fraction of sp³-hybridized carbons (Fsp3) is 0.945. The molecule has 0 aliphatic heterocycles. The van der Waals surface area contributed by atoms with Crippen LogP contribution in [0, 0.1) is 11.8 Å². The predicted molar refractivity (Wildman–Crippen MR) is 372 cm³/mol. The first-order valence-electron chi connectivity index (χ1n) is 38.0. The van der Waals surface area contributed by atoms with Gasteiger partial charge in [-0.15, -0.1) is 0 Å². The summed E-state index contributed by atoms with van der Waals surface area (Å²) in [6.07, 6.45) is 51.3. The van der Waals surface area contributed by atoms with Gasteiger partial charge in [-0.1, -0.05) is 324 Å². The molecule has 0 radical (unpaired) electrons. The monoisotopic (exact) mass is 1350 g/mol. The minimum absolute atomic E-state index is 0.105. The lowest BCUT2D eigenvalue weighted by atomic mass is 9.99. The van der Waals surface area contributed by atoms with Crippen molar-refractivity contribution in [2.45, 2.75) is 394 Å². The Labute approximate surface area is 562 Å². The Morgan fingerprint density at radius 1 is 0.315 bits per heavy atom. The Morgan fingerprint density at radius 3 is 0.826 bits per heavy atom. The van der Waals surface area contributed by atoms with Gasteiger partial charge in [0, 0.05) is 25.7 Å². The van der Waals surface area contributed by atoms with E-state index in [1.165, 1.54) is 186 Å². The van der Waals surface area contributed by atoms with Crippen LogP contribution >= 0.6 is 15.6 Å². The van der Waals surface area contributed by atoms with E-state index < -0.39 is 97.5 Å². The van der Waals surface area contributed by atoms with Crippen LogP contribution in [0.4, 0.5) is 0 Å². The lowest BCUT2D eigenvalue weighted by molar-refractivity contribution is -0.161. The second-order valence-corrected chi connectivity index (χ2v) is 30.0. The molecule has 0 aromatic rings. The van der Waals surface area contributed by atoms with Crippen molar-refractivity contribution in [2.75, 3.05) is 39.6 Å². The second kappa shape index (κ2) is 65.0. The molecule has 0 rings (SSSR count). The van der Waals surface area contributed by atoms with Crippen molar-refractivity contribution in [1.29, 1.82) is 0 Å². The molecular weight excluding hydrogens is 1210 g/mol. The van der Waals surface area contributed by atoms with Gasteiger partial charge in [-0.05, 0) is 37.5 Å². The molecule has 3 unspecified atom stereocenters. The van der Waals surface area contributed by atoms with Crippen molar-refractivity contribution in [3.63, 3.8) is 0 Å². The third-order valence-electron chi connectivity index (χ3n) is 17.3. The summed E-state index contributed by atoms with van der Waals surface area (Å²) in [5, 5.41) is 10.6. The van der Waals surface area contributed by atoms with Gasteiger partial charge in [-0.3, -0.25) is 37.3 Å². The topological polar surface area (TPSA) is 237 Å². The summed E-state index contributed by atoms with van der Waals surface area (Å²) in [6, 6.07) is 0. The third-order valence-corrected chi connectivity index (χ3v) is 19.2. The number of unbranched alkanes of at least 4 members (excludes halogenated alkanes) is 41. The summed E-state index contributed by atoms with van der Waals surface area (Å²) in [5.74, 6) is -0.571. The van der Waals surface area contributed by atoms with Crippen molar-refractivity contribution in [2.24, 2.45) is 11.8 Å². The molecule has 19 heteroatoms. The molecule has 0 aliphatic carbocycles. The fourth-order valence-corrected chi connectivity index (χ4v) is 12.7. The van der Waals surface area contributed by atoms with E-state index in [9.17, 15) is 43.2 Å². The number of esters is 4. The van der Waals surface area contributed by atoms with Gasteiger partial charge in [-0.25, -0.2) is 9.13 Å². The number of phosphoric ester groups is 2. The Bertz CT molecular complexity index is 1790. The van der Waals surface area contributed by atoms with E-state index in [1.54, 1.807) is 0 Å². The molecule has 0 heterocycles. The molecule has 17 nitrogen and oxygen atoms in total. The molecule has 6 atom stereocenters. The van der Waals surface area contributed by atoms with Crippen LogP contribution in [0.25, 0.3) is 0 Å². The highest BCUT2D eigenvalue weighted by Crippen LogP contribution is 2.45. The number of ether oxygens (including phenoxy) is 4. The molecule has 0 bridgehead atoms. The van der Waals surface area contributed by atoms with Gasteiger partial charge in [0.1, 0.15) is 19.3 Å². The van der Waals surface area contributed by atoms with Crippen LogP contribution in [0.15, 0.2) is 0 Å². The Balaban J connectivity index is 5.22. The van der Waals surface area contributed by atoms with Crippen molar-refractivity contribution in [1.82, 2.24) is 0 Å². The van der Waals surface area contributed by atoms with Crippen LogP contribution in [0.2, 0.25) is 0 Å². The molecule has 0 saturated heterocycles.